The molecule has 1 saturated heterocycles. The van der Waals surface area contributed by atoms with Crippen molar-refractivity contribution in [1.82, 2.24) is 19.4 Å². The molecule has 0 saturated carbocycles. The minimum absolute atomic E-state index is 0.279. The number of fused-ring (bicyclic) bond motifs is 1. The fourth-order valence-corrected chi connectivity index (χ4v) is 3.56. The van der Waals surface area contributed by atoms with Crippen molar-refractivity contribution in [3.8, 4) is 11.5 Å². The van der Waals surface area contributed by atoms with Crippen LogP contribution in [0.25, 0.3) is 0 Å². The number of anilines is 1. The van der Waals surface area contributed by atoms with E-state index in [1.54, 1.807) is 0 Å². The summed E-state index contributed by atoms with van der Waals surface area (Å²) in [4.78, 5) is 9.10. The highest BCUT2D eigenvalue weighted by Crippen LogP contribution is 2.34. The molecule has 138 valence electrons. The van der Waals surface area contributed by atoms with Gasteiger partial charge in [0.25, 0.3) is 0 Å². The van der Waals surface area contributed by atoms with E-state index in [4.69, 9.17) is 21.7 Å². The molecular formula is C18H23N5O2S. The molecule has 1 N–H and O–H groups in total. The maximum absolute atomic E-state index is 5.63. The second-order valence-corrected chi connectivity index (χ2v) is 6.96. The molecule has 0 spiro atoms. The molecule has 3 heterocycles. The van der Waals surface area contributed by atoms with Crippen LogP contribution in [-0.2, 0) is 13.6 Å². The van der Waals surface area contributed by atoms with Gasteiger partial charge in [0.2, 0.25) is 6.79 Å². The van der Waals surface area contributed by atoms with Crippen LogP contribution in [0, 0.1) is 0 Å². The SMILES string of the molecule is Cn1ccnc1CN1CCCN(C(=S)Nc2ccc3c(c2)OCO3)CC1. The number of nitrogens with zero attached hydrogens (tertiary/aromatic N) is 4. The maximum atomic E-state index is 5.63. The molecule has 0 unspecified atom stereocenters. The molecule has 2 aliphatic rings. The lowest BCUT2D eigenvalue weighted by atomic mass is 10.3. The third kappa shape index (κ3) is 3.76. The summed E-state index contributed by atoms with van der Waals surface area (Å²) >= 11 is 5.63. The van der Waals surface area contributed by atoms with Gasteiger partial charge in [0.1, 0.15) is 5.82 Å². The van der Waals surface area contributed by atoms with E-state index in [2.05, 4.69) is 24.7 Å². The molecule has 8 heteroatoms. The minimum atomic E-state index is 0.279. The number of nitrogens with one attached hydrogen (secondary N) is 1. The lowest BCUT2D eigenvalue weighted by Gasteiger charge is -2.24. The second-order valence-electron chi connectivity index (χ2n) is 6.57. The molecule has 0 bridgehead atoms. The summed E-state index contributed by atoms with van der Waals surface area (Å²) in [6.45, 7) is 5.03. The molecule has 1 aromatic heterocycles. The number of thiocarbonyl (C=S) groups is 1. The third-order valence-corrected chi connectivity index (χ3v) is 5.15. The van der Waals surface area contributed by atoms with Crippen molar-refractivity contribution in [2.45, 2.75) is 13.0 Å². The molecule has 26 heavy (non-hydrogen) atoms. The van der Waals surface area contributed by atoms with Gasteiger partial charge in [0.05, 0.1) is 6.54 Å². The largest absolute Gasteiger partial charge is 0.454 e. The average molecular weight is 373 g/mol. The van der Waals surface area contributed by atoms with Crippen molar-refractivity contribution in [3.63, 3.8) is 0 Å². The van der Waals surface area contributed by atoms with Crippen molar-refractivity contribution in [2.75, 3.05) is 38.3 Å². The summed E-state index contributed by atoms with van der Waals surface area (Å²) in [5.74, 6) is 2.63. The van der Waals surface area contributed by atoms with E-state index in [-0.39, 0.29) is 6.79 Å². The van der Waals surface area contributed by atoms with Crippen LogP contribution in [0.5, 0.6) is 11.5 Å². The third-order valence-electron chi connectivity index (χ3n) is 4.79. The van der Waals surface area contributed by atoms with Crippen molar-refractivity contribution in [2.24, 2.45) is 7.05 Å². The molecule has 1 fully saturated rings. The summed E-state index contributed by atoms with van der Waals surface area (Å²) in [5, 5.41) is 4.08. The van der Waals surface area contributed by atoms with Gasteiger partial charge in [-0.3, -0.25) is 4.90 Å². The van der Waals surface area contributed by atoms with Gasteiger partial charge in [-0.25, -0.2) is 4.98 Å². The van der Waals surface area contributed by atoms with Crippen LogP contribution in [0.4, 0.5) is 5.69 Å². The van der Waals surface area contributed by atoms with E-state index in [0.717, 1.165) is 67.3 Å². The van der Waals surface area contributed by atoms with Gasteiger partial charge in [-0.05, 0) is 30.8 Å². The zero-order chi connectivity index (χ0) is 17.9. The Morgan fingerprint density at radius 2 is 2.08 bits per heavy atom. The molecule has 2 aromatic rings. The van der Waals surface area contributed by atoms with Crippen molar-refractivity contribution in [3.05, 3.63) is 36.4 Å². The van der Waals surface area contributed by atoms with Gasteiger partial charge in [0.15, 0.2) is 16.6 Å². The molecule has 0 radical (unpaired) electrons. The summed E-state index contributed by atoms with van der Waals surface area (Å²) in [6, 6.07) is 5.80. The highest BCUT2D eigenvalue weighted by Gasteiger charge is 2.19. The molecule has 0 amide bonds. The molecule has 0 aliphatic carbocycles. The molecule has 0 atom stereocenters. The number of imidazole rings is 1. The standard InChI is InChI=1S/C18H23N5O2S/c1-21-8-5-19-17(21)12-22-6-2-7-23(10-9-22)18(26)20-14-3-4-15-16(11-14)25-13-24-15/h3-5,8,11H,2,6-7,9-10,12-13H2,1H3,(H,20,26). The van der Waals surface area contributed by atoms with Gasteiger partial charge in [0, 0.05) is 57.4 Å². The number of ether oxygens (including phenoxy) is 2. The fourth-order valence-electron chi connectivity index (χ4n) is 3.26. The first-order valence-electron chi connectivity index (χ1n) is 8.83. The van der Waals surface area contributed by atoms with Crippen molar-refractivity contribution >= 4 is 23.0 Å². The first-order chi connectivity index (χ1) is 12.7. The maximum Gasteiger partial charge on any atom is 0.231 e. The van der Waals surface area contributed by atoms with Crippen LogP contribution in [0.1, 0.15) is 12.2 Å². The quantitative estimate of drug-likeness (QED) is 0.827. The van der Waals surface area contributed by atoms with Crippen LogP contribution in [-0.4, -0.2) is 57.4 Å². The number of benzene rings is 1. The van der Waals surface area contributed by atoms with Crippen molar-refractivity contribution in [1.29, 1.82) is 0 Å². The fraction of sp³-hybridized carbons (Fsp3) is 0.444. The predicted octanol–water partition coefficient (Wildman–Crippen LogP) is 2.05. The molecule has 1 aromatic carbocycles. The van der Waals surface area contributed by atoms with Gasteiger partial charge in [-0.1, -0.05) is 0 Å². The normalized spacial score (nSPS) is 17.2. The highest BCUT2D eigenvalue weighted by molar-refractivity contribution is 7.80. The van der Waals surface area contributed by atoms with Crippen LogP contribution >= 0.6 is 12.2 Å². The number of aromatic nitrogens is 2. The Morgan fingerprint density at radius 1 is 1.19 bits per heavy atom. The number of rotatable bonds is 3. The Balaban J connectivity index is 1.33. The topological polar surface area (TPSA) is 54.8 Å². The summed E-state index contributed by atoms with van der Waals surface area (Å²) in [6.07, 6.45) is 4.92. The smallest absolute Gasteiger partial charge is 0.231 e. The molecule has 2 aliphatic heterocycles. The average Bonchev–Trinajstić information content (AvgIpc) is 3.18. The molecular weight excluding hydrogens is 350 g/mol. The Hall–Kier alpha value is -2.32. The van der Waals surface area contributed by atoms with Crippen LogP contribution in [0.15, 0.2) is 30.6 Å². The first-order valence-corrected chi connectivity index (χ1v) is 9.24. The Labute approximate surface area is 158 Å². The summed E-state index contributed by atoms with van der Waals surface area (Å²) in [7, 11) is 2.04. The Kier molecular flexibility index (Phi) is 4.94. The Bertz CT molecular complexity index is 794. The number of aryl methyl sites for hydroxylation is 1. The van der Waals surface area contributed by atoms with Crippen molar-refractivity contribution < 1.29 is 9.47 Å². The lowest BCUT2D eigenvalue weighted by molar-refractivity contribution is 0.174. The summed E-state index contributed by atoms with van der Waals surface area (Å²) in [5.41, 5.74) is 0.924. The van der Waals surface area contributed by atoms with E-state index >= 15 is 0 Å². The number of hydrogen-bond donors (Lipinski definition) is 1. The zero-order valence-electron chi connectivity index (χ0n) is 14.9. The van der Waals surface area contributed by atoms with Gasteiger partial charge < -0.3 is 24.3 Å². The van der Waals surface area contributed by atoms with E-state index in [0.29, 0.717) is 0 Å². The second kappa shape index (κ2) is 7.51. The molecule has 7 nitrogen and oxygen atoms in total. The van der Waals surface area contributed by atoms with E-state index in [1.165, 1.54) is 0 Å². The van der Waals surface area contributed by atoms with Gasteiger partial charge in [-0.15, -0.1) is 0 Å². The Morgan fingerprint density at radius 3 is 2.92 bits per heavy atom. The lowest BCUT2D eigenvalue weighted by Crippen LogP contribution is -2.37. The van der Waals surface area contributed by atoms with E-state index in [1.807, 2.05) is 37.6 Å². The zero-order valence-corrected chi connectivity index (χ0v) is 15.7. The minimum Gasteiger partial charge on any atom is -0.454 e. The monoisotopic (exact) mass is 373 g/mol. The van der Waals surface area contributed by atoms with Crippen LogP contribution in [0.2, 0.25) is 0 Å². The predicted molar refractivity (Wildman–Crippen MR) is 103 cm³/mol. The number of hydrogen-bond acceptors (Lipinski definition) is 5. The first kappa shape index (κ1) is 17.1. The van der Waals surface area contributed by atoms with E-state index < -0.39 is 0 Å². The van der Waals surface area contributed by atoms with Gasteiger partial charge in [-0.2, -0.15) is 0 Å². The van der Waals surface area contributed by atoms with E-state index in [9.17, 15) is 0 Å². The summed E-state index contributed by atoms with van der Waals surface area (Å²) < 4.78 is 12.9. The van der Waals surface area contributed by atoms with Crippen LogP contribution in [0.3, 0.4) is 0 Å². The molecule has 4 rings (SSSR count). The highest BCUT2D eigenvalue weighted by atomic mass is 32.1. The van der Waals surface area contributed by atoms with Gasteiger partial charge >= 0.3 is 0 Å². The van der Waals surface area contributed by atoms with Crippen LogP contribution < -0.4 is 14.8 Å².